The number of hydrogen-bond donors (Lipinski definition) is 2. The van der Waals surface area contributed by atoms with Crippen LogP contribution in [0.2, 0.25) is 0 Å². The van der Waals surface area contributed by atoms with Crippen molar-refractivity contribution in [2.24, 2.45) is 0 Å². The number of rotatable bonds is 2. The lowest BCUT2D eigenvalue weighted by Gasteiger charge is -2.04. The first kappa shape index (κ1) is 9.21. The molecule has 0 unspecified atom stereocenters. The van der Waals surface area contributed by atoms with E-state index in [0.29, 0.717) is 12.6 Å². The van der Waals surface area contributed by atoms with Crippen LogP contribution in [0.4, 0.5) is 0 Å². The molecule has 1 aliphatic rings. The Balaban J connectivity index is 0.000000640. The minimum absolute atomic E-state index is 0. The molecule has 56 valence electrons. The summed E-state index contributed by atoms with van der Waals surface area (Å²) in [5.41, 5.74) is 0. The Bertz CT molecular complexity index is 64.1. The predicted molar refractivity (Wildman–Crippen MR) is 40.0 cm³/mol. The normalized spacial score (nSPS) is 25.7. The Morgan fingerprint density at radius 1 is 1.56 bits per heavy atom. The highest BCUT2D eigenvalue weighted by molar-refractivity contribution is 5.85. The summed E-state index contributed by atoms with van der Waals surface area (Å²) >= 11 is 0. The van der Waals surface area contributed by atoms with Crippen LogP contribution in [0, 0.1) is 0 Å². The van der Waals surface area contributed by atoms with Gasteiger partial charge in [-0.3, -0.25) is 0 Å². The summed E-state index contributed by atoms with van der Waals surface area (Å²) in [4.78, 5) is 0. The molecule has 0 radical (unpaired) electrons. The minimum Gasteiger partial charge on any atom is -0.396 e. The summed E-state index contributed by atoms with van der Waals surface area (Å²) in [5.74, 6) is 0. The average Bonchev–Trinajstić information content (AvgIpc) is 2.19. The van der Waals surface area contributed by atoms with Crippen molar-refractivity contribution in [3.05, 3.63) is 0 Å². The maximum atomic E-state index is 8.49. The predicted octanol–water partition coefficient (Wildman–Crippen LogP) is 0.543. The van der Waals surface area contributed by atoms with E-state index in [0.717, 1.165) is 13.0 Å². The van der Waals surface area contributed by atoms with Crippen LogP contribution in [0.25, 0.3) is 0 Å². The van der Waals surface area contributed by atoms with Gasteiger partial charge in [-0.2, -0.15) is 0 Å². The monoisotopic (exact) mass is 151 g/mol. The number of aliphatic hydroxyl groups is 1. The lowest BCUT2D eigenvalue weighted by Crippen LogP contribution is -2.21. The van der Waals surface area contributed by atoms with Crippen LogP contribution in [0.5, 0.6) is 0 Å². The fourth-order valence-corrected chi connectivity index (χ4v) is 1.16. The van der Waals surface area contributed by atoms with Gasteiger partial charge in [-0.05, 0) is 25.8 Å². The van der Waals surface area contributed by atoms with Gasteiger partial charge in [-0.1, -0.05) is 0 Å². The van der Waals surface area contributed by atoms with Crippen LogP contribution < -0.4 is 5.32 Å². The van der Waals surface area contributed by atoms with Crippen LogP contribution >= 0.6 is 12.4 Å². The Labute approximate surface area is 62.1 Å². The molecule has 0 bridgehead atoms. The average molecular weight is 152 g/mol. The van der Waals surface area contributed by atoms with Crippen molar-refractivity contribution in [3.63, 3.8) is 0 Å². The van der Waals surface area contributed by atoms with Crippen molar-refractivity contribution in [2.45, 2.75) is 25.3 Å². The quantitative estimate of drug-likeness (QED) is 0.604. The van der Waals surface area contributed by atoms with Gasteiger partial charge >= 0.3 is 0 Å². The molecule has 0 amide bonds. The van der Waals surface area contributed by atoms with Gasteiger partial charge in [0.2, 0.25) is 0 Å². The van der Waals surface area contributed by atoms with Gasteiger partial charge in [0.1, 0.15) is 0 Å². The van der Waals surface area contributed by atoms with Gasteiger partial charge in [0.05, 0.1) is 0 Å². The largest absolute Gasteiger partial charge is 0.396 e. The molecule has 1 saturated heterocycles. The van der Waals surface area contributed by atoms with Crippen molar-refractivity contribution in [1.82, 2.24) is 5.32 Å². The van der Waals surface area contributed by atoms with Gasteiger partial charge in [0.25, 0.3) is 0 Å². The van der Waals surface area contributed by atoms with E-state index in [4.69, 9.17) is 5.11 Å². The molecule has 1 heterocycles. The molecule has 0 aromatic heterocycles. The molecular formula is C6H14ClNO. The smallest absolute Gasteiger partial charge is 0.0445 e. The first-order chi connectivity index (χ1) is 3.93. The molecule has 1 atom stereocenters. The first-order valence-electron chi connectivity index (χ1n) is 3.27. The third-order valence-corrected chi connectivity index (χ3v) is 1.64. The second-order valence-corrected chi connectivity index (χ2v) is 2.31. The van der Waals surface area contributed by atoms with E-state index in [1.807, 2.05) is 0 Å². The van der Waals surface area contributed by atoms with Gasteiger partial charge in [-0.25, -0.2) is 0 Å². The maximum absolute atomic E-state index is 8.49. The SMILES string of the molecule is Cl.OCC[C@@H]1CCCN1. The van der Waals surface area contributed by atoms with Crippen LogP contribution in [-0.4, -0.2) is 24.3 Å². The zero-order chi connectivity index (χ0) is 5.82. The first-order valence-corrected chi connectivity index (χ1v) is 3.27. The summed E-state index contributed by atoms with van der Waals surface area (Å²) in [6, 6.07) is 0.611. The number of halogens is 1. The molecule has 3 heteroatoms. The standard InChI is InChI=1S/C6H13NO.ClH/c8-5-3-6-2-1-4-7-6;/h6-8H,1-5H2;1H/t6-;/m0./s1. The Morgan fingerprint density at radius 3 is 2.78 bits per heavy atom. The molecule has 0 spiro atoms. The molecule has 2 N–H and O–H groups in total. The van der Waals surface area contributed by atoms with Crippen molar-refractivity contribution in [3.8, 4) is 0 Å². The second-order valence-electron chi connectivity index (χ2n) is 2.31. The van der Waals surface area contributed by atoms with E-state index in [1.54, 1.807) is 0 Å². The molecule has 2 nitrogen and oxygen atoms in total. The molecule has 0 saturated carbocycles. The molecule has 1 rings (SSSR count). The van der Waals surface area contributed by atoms with Crippen molar-refractivity contribution in [2.75, 3.05) is 13.2 Å². The Hall–Kier alpha value is 0.210. The second kappa shape index (κ2) is 5.03. The molecular weight excluding hydrogens is 138 g/mol. The van der Waals surface area contributed by atoms with Crippen LogP contribution in [0.15, 0.2) is 0 Å². The number of hydrogen-bond acceptors (Lipinski definition) is 2. The van der Waals surface area contributed by atoms with Crippen LogP contribution in [-0.2, 0) is 0 Å². The zero-order valence-corrected chi connectivity index (χ0v) is 6.28. The lowest BCUT2D eigenvalue weighted by molar-refractivity contribution is 0.271. The minimum atomic E-state index is 0. The van der Waals surface area contributed by atoms with Gasteiger partial charge in [0, 0.05) is 12.6 Å². The van der Waals surface area contributed by atoms with E-state index < -0.39 is 0 Å². The third-order valence-electron chi connectivity index (χ3n) is 1.64. The lowest BCUT2D eigenvalue weighted by atomic mass is 10.2. The van der Waals surface area contributed by atoms with Crippen molar-refractivity contribution in [1.29, 1.82) is 0 Å². The Morgan fingerprint density at radius 2 is 2.33 bits per heavy atom. The van der Waals surface area contributed by atoms with E-state index in [9.17, 15) is 0 Å². The summed E-state index contributed by atoms with van der Waals surface area (Å²) in [7, 11) is 0. The van der Waals surface area contributed by atoms with E-state index in [1.165, 1.54) is 12.8 Å². The molecule has 0 aromatic rings. The fraction of sp³-hybridized carbons (Fsp3) is 1.00. The highest BCUT2D eigenvalue weighted by Crippen LogP contribution is 2.06. The third kappa shape index (κ3) is 3.04. The summed E-state index contributed by atoms with van der Waals surface area (Å²) < 4.78 is 0. The van der Waals surface area contributed by atoms with E-state index in [2.05, 4.69) is 5.32 Å². The van der Waals surface area contributed by atoms with E-state index in [-0.39, 0.29) is 12.4 Å². The summed E-state index contributed by atoms with van der Waals surface area (Å²) in [5, 5.41) is 11.8. The topological polar surface area (TPSA) is 32.3 Å². The van der Waals surface area contributed by atoms with E-state index >= 15 is 0 Å². The molecule has 1 aliphatic heterocycles. The molecule has 9 heavy (non-hydrogen) atoms. The highest BCUT2D eigenvalue weighted by Gasteiger charge is 2.11. The summed E-state index contributed by atoms with van der Waals surface area (Å²) in [6.07, 6.45) is 3.46. The fourth-order valence-electron chi connectivity index (χ4n) is 1.16. The van der Waals surface area contributed by atoms with Gasteiger partial charge < -0.3 is 10.4 Å². The van der Waals surface area contributed by atoms with Crippen LogP contribution in [0.3, 0.4) is 0 Å². The number of aliphatic hydroxyl groups excluding tert-OH is 1. The molecule has 0 aliphatic carbocycles. The Kier molecular flexibility index (Phi) is 5.15. The molecule has 0 aromatic carbocycles. The zero-order valence-electron chi connectivity index (χ0n) is 5.47. The van der Waals surface area contributed by atoms with Gasteiger partial charge in [0.15, 0.2) is 0 Å². The van der Waals surface area contributed by atoms with Gasteiger partial charge in [-0.15, -0.1) is 12.4 Å². The van der Waals surface area contributed by atoms with Crippen molar-refractivity contribution < 1.29 is 5.11 Å². The number of nitrogens with one attached hydrogen (secondary N) is 1. The molecule has 1 fully saturated rings. The summed E-state index contributed by atoms with van der Waals surface area (Å²) in [6.45, 7) is 1.47. The highest BCUT2D eigenvalue weighted by atomic mass is 35.5. The van der Waals surface area contributed by atoms with Crippen molar-refractivity contribution >= 4 is 12.4 Å². The van der Waals surface area contributed by atoms with Crippen LogP contribution in [0.1, 0.15) is 19.3 Å². The maximum Gasteiger partial charge on any atom is 0.0445 e.